The minimum absolute atomic E-state index is 0.112. The van der Waals surface area contributed by atoms with Crippen LogP contribution in [0.25, 0.3) is 11.5 Å². The van der Waals surface area contributed by atoms with E-state index in [-0.39, 0.29) is 16.9 Å². The highest BCUT2D eigenvalue weighted by Gasteiger charge is 2.19. The van der Waals surface area contributed by atoms with Crippen LogP contribution in [-0.2, 0) is 7.05 Å². The van der Waals surface area contributed by atoms with Crippen LogP contribution >= 0.6 is 0 Å². The van der Waals surface area contributed by atoms with Crippen LogP contribution in [-0.4, -0.2) is 35.0 Å². The van der Waals surface area contributed by atoms with Crippen molar-refractivity contribution in [1.82, 2.24) is 29.1 Å². The van der Waals surface area contributed by atoms with Gasteiger partial charge in [0.2, 0.25) is 0 Å². The lowest BCUT2D eigenvalue weighted by Crippen LogP contribution is -2.23. The van der Waals surface area contributed by atoms with Crippen LogP contribution in [0.2, 0.25) is 0 Å². The molecule has 29 heavy (non-hydrogen) atoms. The number of carbonyl (C=O) groups is 1. The Bertz CT molecular complexity index is 1230. The molecular weight excluding hydrogens is 370 g/mol. The molecule has 0 aliphatic heterocycles. The first-order valence-corrected chi connectivity index (χ1v) is 8.97. The molecule has 0 saturated carbocycles. The molecule has 0 atom stereocenters. The summed E-state index contributed by atoms with van der Waals surface area (Å²) in [5.74, 6) is 0.814. The van der Waals surface area contributed by atoms with E-state index in [1.807, 2.05) is 37.3 Å². The Morgan fingerprint density at radius 3 is 2.41 bits per heavy atom. The van der Waals surface area contributed by atoms with Gasteiger partial charge in [0, 0.05) is 19.4 Å². The Hall–Kier alpha value is -4.01. The molecule has 9 heteroatoms. The molecule has 146 valence electrons. The Balaban J connectivity index is 1.62. The lowest BCUT2D eigenvalue weighted by molar-refractivity contribution is 0.102. The predicted octanol–water partition coefficient (Wildman–Crippen LogP) is 2.02. The molecule has 0 bridgehead atoms. The van der Waals surface area contributed by atoms with Crippen LogP contribution in [0, 0.1) is 13.8 Å². The number of rotatable bonds is 4. The number of carbonyl (C=O) groups excluding carboxylic acids is 1. The summed E-state index contributed by atoms with van der Waals surface area (Å²) in [5, 5.41) is 10.8. The molecule has 0 aliphatic carbocycles. The van der Waals surface area contributed by atoms with Crippen molar-refractivity contribution in [2.45, 2.75) is 13.8 Å². The van der Waals surface area contributed by atoms with Crippen molar-refractivity contribution in [3.05, 3.63) is 82.4 Å². The molecule has 0 fully saturated rings. The van der Waals surface area contributed by atoms with E-state index in [1.54, 1.807) is 47.7 Å². The quantitative estimate of drug-likeness (QED) is 0.576. The zero-order valence-corrected chi connectivity index (χ0v) is 16.2. The van der Waals surface area contributed by atoms with Gasteiger partial charge in [-0.1, -0.05) is 18.2 Å². The maximum atomic E-state index is 12.9. The standard InChI is InChI=1S/C20H19N7O2/c1-13-18(20(29)27(25(13)3)15-7-5-4-6-8-15)22-19(28)16-9-10-17(24-23-16)26-12-11-21-14(26)2/h4-12H,1-3H3,(H,22,28). The summed E-state index contributed by atoms with van der Waals surface area (Å²) in [7, 11) is 1.77. The van der Waals surface area contributed by atoms with Crippen molar-refractivity contribution in [2.75, 3.05) is 5.32 Å². The van der Waals surface area contributed by atoms with Gasteiger partial charge < -0.3 is 5.32 Å². The van der Waals surface area contributed by atoms with Crippen LogP contribution in [0.3, 0.4) is 0 Å². The minimum Gasteiger partial charge on any atom is -0.314 e. The Kier molecular flexibility index (Phi) is 4.55. The highest BCUT2D eigenvalue weighted by molar-refractivity contribution is 6.03. The van der Waals surface area contributed by atoms with Gasteiger partial charge in [-0.2, -0.15) is 0 Å². The van der Waals surface area contributed by atoms with Gasteiger partial charge >= 0.3 is 0 Å². The smallest absolute Gasteiger partial charge is 0.295 e. The molecule has 1 amide bonds. The molecule has 0 radical (unpaired) electrons. The summed E-state index contributed by atoms with van der Waals surface area (Å²) >= 11 is 0. The monoisotopic (exact) mass is 389 g/mol. The summed E-state index contributed by atoms with van der Waals surface area (Å²) in [6.07, 6.45) is 3.42. The topological polar surface area (TPSA) is 99.6 Å². The second-order valence-electron chi connectivity index (χ2n) is 6.51. The first-order valence-electron chi connectivity index (χ1n) is 8.97. The van der Waals surface area contributed by atoms with Crippen molar-refractivity contribution in [3.63, 3.8) is 0 Å². The number of imidazole rings is 1. The average Bonchev–Trinajstić information content (AvgIpc) is 3.25. The van der Waals surface area contributed by atoms with Gasteiger partial charge in [-0.25, -0.2) is 9.67 Å². The van der Waals surface area contributed by atoms with E-state index in [0.29, 0.717) is 17.2 Å². The molecule has 1 aromatic carbocycles. The molecule has 0 saturated heterocycles. The van der Waals surface area contributed by atoms with E-state index < -0.39 is 5.91 Å². The number of amides is 1. The summed E-state index contributed by atoms with van der Waals surface area (Å²) in [6.45, 7) is 3.62. The lowest BCUT2D eigenvalue weighted by atomic mass is 10.3. The molecular formula is C20H19N7O2. The maximum absolute atomic E-state index is 12.9. The van der Waals surface area contributed by atoms with Crippen LogP contribution in [0.1, 0.15) is 22.0 Å². The fourth-order valence-electron chi connectivity index (χ4n) is 3.08. The third kappa shape index (κ3) is 3.22. The average molecular weight is 389 g/mol. The van der Waals surface area contributed by atoms with Crippen molar-refractivity contribution in [2.24, 2.45) is 7.05 Å². The second kappa shape index (κ2) is 7.19. The second-order valence-corrected chi connectivity index (χ2v) is 6.51. The fourth-order valence-corrected chi connectivity index (χ4v) is 3.08. The Morgan fingerprint density at radius 1 is 1.03 bits per heavy atom. The van der Waals surface area contributed by atoms with Crippen molar-refractivity contribution in [3.8, 4) is 11.5 Å². The summed E-state index contributed by atoms with van der Waals surface area (Å²) in [5.41, 5.74) is 1.34. The number of para-hydroxylation sites is 1. The van der Waals surface area contributed by atoms with E-state index in [0.717, 1.165) is 5.82 Å². The number of aromatic nitrogens is 6. The van der Waals surface area contributed by atoms with Crippen molar-refractivity contribution < 1.29 is 4.79 Å². The van der Waals surface area contributed by atoms with E-state index in [1.165, 1.54) is 4.68 Å². The van der Waals surface area contributed by atoms with Crippen molar-refractivity contribution in [1.29, 1.82) is 0 Å². The van der Waals surface area contributed by atoms with Gasteiger partial charge in [0.15, 0.2) is 11.5 Å². The third-order valence-corrected chi connectivity index (χ3v) is 4.75. The van der Waals surface area contributed by atoms with E-state index in [2.05, 4.69) is 20.5 Å². The Morgan fingerprint density at radius 2 is 1.79 bits per heavy atom. The molecule has 0 aliphatic rings. The zero-order chi connectivity index (χ0) is 20.5. The molecule has 4 aromatic rings. The van der Waals surface area contributed by atoms with E-state index in [9.17, 15) is 9.59 Å². The number of anilines is 1. The largest absolute Gasteiger partial charge is 0.314 e. The van der Waals surface area contributed by atoms with Crippen LogP contribution in [0.5, 0.6) is 0 Å². The molecule has 1 N–H and O–H groups in total. The number of hydrogen-bond acceptors (Lipinski definition) is 5. The Labute approximate surface area is 166 Å². The molecule has 0 unspecified atom stereocenters. The van der Waals surface area contributed by atoms with E-state index in [4.69, 9.17) is 0 Å². The maximum Gasteiger partial charge on any atom is 0.295 e. The van der Waals surface area contributed by atoms with Crippen LogP contribution in [0.4, 0.5) is 5.69 Å². The first kappa shape index (κ1) is 18.4. The highest BCUT2D eigenvalue weighted by Crippen LogP contribution is 2.15. The van der Waals surface area contributed by atoms with Crippen LogP contribution in [0.15, 0.2) is 59.7 Å². The molecule has 3 aromatic heterocycles. The summed E-state index contributed by atoms with van der Waals surface area (Å²) in [4.78, 5) is 29.7. The van der Waals surface area contributed by atoms with Crippen molar-refractivity contribution >= 4 is 11.6 Å². The summed E-state index contributed by atoms with van der Waals surface area (Å²) < 4.78 is 4.96. The molecule has 4 rings (SSSR count). The fraction of sp³-hybridized carbons (Fsp3) is 0.150. The number of hydrogen-bond donors (Lipinski definition) is 1. The normalized spacial score (nSPS) is 10.9. The zero-order valence-electron chi connectivity index (χ0n) is 16.2. The third-order valence-electron chi connectivity index (χ3n) is 4.75. The number of benzene rings is 1. The van der Waals surface area contributed by atoms with Gasteiger partial charge in [-0.3, -0.25) is 18.8 Å². The van der Waals surface area contributed by atoms with Crippen LogP contribution < -0.4 is 10.9 Å². The van der Waals surface area contributed by atoms with Gasteiger partial charge in [-0.15, -0.1) is 10.2 Å². The number of aryl methyl sites for hydroxylation is 1. The highest BCUT2D eigenvalue weighted by atomic mass is 16.2. The van der Waals surface area contributed by atoms with Gasteiger partial charge in [0.25, 0.3) is 11.5 Å². The molecule has 0 spiro atoms. The molecule has 9 nitrogen and oxygen atoms in total. The summed E-state index contributed by atoms with van der Waals surface area (Å²) in [6, 6.07) is 12.5. The first-order chi connectivity index (χ1) is 14.0. The van der Waals surface area contributed by atoms with Gasteiger partial charge in [0.1, 0.15) is 11.5 Å². The number of nitrogens with one attached hydrogen (secondary N) is 1. The van der Waals surface area contributed by atoms with Gasteiger partial charge in [-0.05, 0) is 38.1 Å². The minimum atomic E-state index is -0.502. The van der Waals surface area contributed by atoms with E-state index >= 15 is 0 Å². The number of nitrogens with zero attached hydrogens (tertiary/aromatic N) is 6. The predicted molar refractivity (Wildman–Crippen MR) is 108 cm³/mol. The van der Waals surface area contributed by atoms with Gasteiger partial charge in [0.05, 0.1) is 11.4 Å². The SMILES string of the molecule is Cc1nccn1-c1ccc(C(=O)Nc2c(C)n(C)n(-c3ccccc3)c2=O)nn1. The molecule has 3 heterocycles. The lowest BCUT2D eigenvalue weighted by Gasteiger charge is -2.07.